The van der Waals surface area contributed by atoms with Crippen LogP contribution in [0.15, 0.2) is 0 Å². The van der Waals surface area contributed by atoms with Gasteiger partial charge < -0.3 is 0 Å². The van der Waals surface area contributed by atoms with Crippen molar-refractivity contribution in [3.63, 3.8) is 0 Å². The summed E-state index contributed by atoms with van der Waals surface area (Å²) in [6.07, 6.45) is 0. The minimum absolute atomic E-state index is 0. The fourth-order valence-corrected chi connectivity index (χ4v) is 0. The predicted molar refractivity (Wildman–Crippen MR) is 28.0 cm³/mol. The first kappa shape index (κ1) is 83.2. The number of hydrogen-bond acceptors (Lipinski definition) is 0. The van der Waals surface area contributed by atoms with Gasteiger partial charge in [-0.15, -0.1) is 0 Å². The fraction of sp³-hybridized carbons (Fsp3) is 1.00. The van der Waals surface area contributed by atoms with Gasteiger partial charge in [-0.25, -0.2) is 0 Å². The van der Waals surface area contributed by atoms with E-state index in [2.05, 4.69) is 0 Å². The average molecular weight is 246 g/mol. The molecule has 0 aromatic heterocycles. The van der Waals surface area contributed by atoms with Crippen molar-refractivity contribution in [1.82, 2.24) is 0 Å². The molecule has 0 fully saturated rings. The summed E-state index contributed by atoms with van der Waals surface area (Å²) in [7, 11) is 0. The molecule has 0 saturated carbocycles. The normalized spacial score (nSPS) is 0. The molecule has 0 aliphatic heterocycles. The Morgan fingerprint density at radius 1 is 1.00 bits per heavy atom. The SMILES string of the molecule is B.C.[SiH4].[W]. The van der Waals surface area contributed by atoms with E-state index >= 15 is 0 Å². The van der Waals surface area contributed by atoms with Gasteiger partial charge >= 0.3 is 0 Å². The first-order valence-electron chi connectivity index (χ1n) is 0. The first-order chi connectivity index (χ1) is 0. The van der Waals surface area contributed by atoms with Gasteiger partial charge in [0.15, 0.2) is 0 Å². The molecule has 0 saturated heterocycles. The van der Waals surface area contributed by atoms with Crippen LogP contribution in [0.3, 0.4) is 0 Å². The maximum Gasteiger partial charge on any atom is 0.0814 e. The van der Waals surface area contributed by atoms with Crippen LogP contribution in [-0.4, -0.2) is 19.4 Å². The zero-order valence-electron chi connectivity index (χ0n) is 0.408. The van der Waals surface area contributed by atoms with E-state index in [0.717, 1.165) is 0 Å². The molecule has 0 bridgehead atoms. The zero-order chi connectivity index (χ0) is 0. The maximum absolute atomic E-state index is 0. The molecule has 0 aliphatic carbocycles. The van der Waals surface area contributed by atoms with E-state index in [4.69, 9.17) is 0 Å². The van der Waals surface area contributed by atoms with Crippen LogP contribution in [0, 0.1) is 0 Å². The summed E-state index contributed by atoms with van der Waals surface area (Å²) in [6.45, 7) is 0. The van der Waals surface area contributed by atoms with Gasteiger partial charge in [0.05, 0.1) is 8.41 Å². The maximum atomic E-state index is 0. The minimum Gasteiger partial charge on any atom is -0.0776 e. The molecule has 0 rings (SSSR count). The van der Waals surface area contributed by atoms with Crippen LogP contribution in [0.1, 0.15) is 7.43 Å². The minimum atomic E-state index is 0. The molecule has 3 heteroatoms. The Bertz CT molecular complexity index is 8.00. The molecule has 0 heterocycles. The summed E-state index contributed by atoms with van der Waals surface area (Å²) in [5.74, 6) is 0. The van der Waals surface area contributed by atoms with Gasteiger partial charge in [0.25, 0.3) is 0 Å². The van der Waals surface area contributed by atoms with E-state index in [1.807, 2.05) is 0 Å². The van der Waals surface area contributed by atoms with Crippen molar-refractivity contribution in [3.05, 3.63) is 0 Å². The Morgan fingerprint density at radius 2 is 1.00 bits per heavy atom. The average Bonchev–Trinajstić information content (AvgIpc) is 0. The molecule has 0 unspecified atom stereocenters. The second kappa shape index (κ2) is 37.2. The van der Waals surface area contributed by atoms with Crippen LogP contribution in [0.2, 0.25) is 0 Å². The second-order valence-corrected chi connectivity index (χ2v) is 0. The number of hydrogen-bond donors (Lipinski definition) is 0. The molecule has 0 N–H and O–H groups in total. The van der Waals surface area contributed by atoms with E-state index in [0.29, 0.717) is 0 Å². The second-order valence-electron chi connectivity index (χ2n) is 0. The molecule has 0 aromatic rings. The predicted octanol–water partition coefficient (Wildman–Crippen LogP) is -2.00. The molecule has 0 spiro atoms. The van der Waals surface area contributed by atoms with Crippen molar-refractivity contribution < 1.29 is 21.1 Å². The van der Waals surface area contributed by atoms with Gasteiger partial charge in [0.2, 0.25) is 0 Å². The summed E-state index contributed by atoms with van der Waals surface area (Å²) in [5, 5.41) is 0. The molecule has 0 aromatic carbocycles. The molecule has 0 nitrogen and oxygen atoms in total. The van der Waals surface area contributed by atoms with E-state index in [1.54, 1.807) is 0 Å². The van der Waals surface area contributed by atoms with Crippen molar-refractivity contribution in [2.45, 2.75) is 7.43 Å². The zero-order valence-corrected chi connectivity index (χ0v) is 3.34. The van der Waals surface area contributed by atoms with E-state index in [1.165, 1.54) is 0 Å². The molecular formula is CH11BSiW. The standard InChI is InChI=1S/CH4.BH3.H4Si.W/h1H4;1H3;1H4;. The Kier molecular flexibility index (Phi) is 774. The Morgan fingerprint density at radius 3 is 1.00 bits per heavy atom. The Balaban J connectivity index is 0. The van der Waals surface area contributed by atoms with Crippen molar-refractivity contribution in [2.75, 3.05) is 0 Å². The van der Waals surface area contributed by atoms with Gasteiger partial charge in [-0.1, -0.05) is 7.43 Å². The molecular weight excluding hydrogens is 235 g/mol. The molecule has 0 atom stereocenters. The summed E-state index contributed by atoms with van der Waals surface area (Å²) < 4.78 is 0. The topological polar surface area (TPSA) is 0 Å². The number of rotatable bonds is 0. The van der Waals surface area contributed by atoms with Gasteiger partial charge in [0, 0.05) is 21.1 Å². The summed E-state index contributed by atoms with van der Waals surface area (Å²) >= 11 is 0. The van der Waals surface area contributed by atoms with Crippen molar-refractivity contribution in [3.8, 4) is 0 Å². The van der Waals surface area contributed by atoms with Crippen LogP contribution in [-0.2, 0) is 21.1 Å². The van der Waals surface area contributed by atoms with Gasteiger partial charge in [-0.05, 0) is 11.0 Å². The molecule has 4 heavy (non-hydrogen) atoms. The fourth-order valence-electron chi connectivity index (χ4n) is 0. The molecule has 28 valence electrons. The summed E-state index contributed by atoms with van der Waals surface area (Å²) in [6, 6.07) is 0. The monoisotopic (exact) mass is 246 g/mol. The van der Waals surface area contributed by atoms with Crippen molar-refractivity contribution in [1.29, 1.82) is 0 Å². The largest absolute Gasteiger partial charge is 0.0814 e. The van der Waals surface area contributed by atoms with Crippen LogP contribution in [0.5, 0.6) is 0 Å². The van der Waals surface area contributed by atoms with Crippen LogP contribution in [0.25, 0.3) is 0 Å². The molecule has 0 amide bonds. The first-order valence-corrected chi connectivity index (χ1v) is 0. The van der Waals surface area contributed by atoms with Gasteiger partial charge in [0.1, 0.15) is 0 Å². The smallest absolute Gasteiger partial charge is 0.0776 e. The Hall–Kier alpha value is 0.970. The third-order valence-electron chi connectivity index (χ3n) is 0. The van der Waals surface area contributed by atoms with Gasteiger partial charge in [-0.3, -0.25) is 0 Å². The van der Waals surface area contributed by atoms with E-state index in [-0.39, 0.29) is 47.9 Å². The van der Waals surface area contributed by atoms with Crippen LogP contribution >= 0.6 is 0 Å². The molecule has 0 radical (unpaired) electrons. The summed E-state index contributed by atoms with van der Waals surface area (Å²) in [4.78, 5) is 0. The quantitative estimate of drug-likeness (QED) is 0.433. The molecule has 0 aliphatic rings. The van der Waals surface area contributed by atoms with Crippen molar-refractivity contribution in [2.24, 2.45) is 0 Å². The summed E-state index contributed by atoms with van der Waals surface area (Å²) in [5.41, 5.74) is 0. The third kappa shape index (κ3) is 12.2. The third-order valence-corrected chi connectivity index (χ3v) is 0. The Labute approximate surface area is 48.2 Å². The van der Waals surface area contributed by atoms with E-state index < -0.39 is 0 Å². The van der Waals surface area contributed by atoms with Crippen LogP contribution < -0.4 is 0 Å². The van der Waals surface area contributed by atoms with Crippen molar-refractivity contribution >= 4 is 19.4 Å². The van der Waals surface area contributed by atoms with Crippen LogP contribution in [0.4, 0.5) is 0 Å². The van der Waals surface area contributed by atoms with E-state index in [9.17, 15) is 0 Å². The van der Waals surface area contributed by atoms with Gasteiger partial charge in [-0.2, -0.15) is 0 Å².